The molecule has 1 aliphatic rings. The maximum Gasteiger partial charge on any atom is 0.412 e. The minimum absolute atomic E-state index is 0.322. The van der Waals surface area contributed by atoms with Crippen LogP contribution in [-0.2, 0) is 14.3 Å². The van der Waals surface area contributed by atoms with Crippen LogP contribution in [0, 0.1) is 11.8 Å². The molecule has 0 spiro atoms. The molecule has 4 N–H and O–H groups in total. The molecule has 0 aromatic rings. The SMILES string of the molecule is CC(OC(=O)NC(O)CCC1CCCC(=CP(O)O)C1)OC(=O)C(C)C. The van der Waals surface area contributed by atoms with Crippen LogP contribution in [0.25, 0.3) is 0 Å². The summed E-state index contributed by atoms with van der Waals surface area (Å²) >= 11 is 0. The van der Waals surface area contributed by atoms with Crippen LogP contribution in [0.3, 0.4) is 0 Å². The topological polar surface area (TPSA) is 125 Å². The van der Waals surface area contributed by atoms with Gasteiger partial charge in [-0.25, -0.2) is 4.79 Å². The molecular weight excluding hydrogens is 361 g/mol. The molecule has 150 valence electrons. The van der Waals surface area contributed by atoms with Crippen molar-refractivity contribution in [1.29, 1.82) is 0 Å². The number of allylic oxidation sites excluding steroid dienone is 1. The second-order valence-corrected chi connectivity index (χ2v) is 7.77. The van der Waals surface area contributed by atoms with Crippen LogP contribution >= 0.6 is 8.38 Å². The van der Waals surface area contributed by atoms with Crippen molar-refractivity contribution in [2.45, 2.75) is 71.8 Å². The second-order valence-electron chi connectivity index (χ2n) is 6.87. The maximum absolute atomic E-state index is 11.7. The van der Waals surface area contributed by atoms with Gasteiger partial charge in [0, 0.05) is 6.92 Å². The van der Waals surface area contributed by atoms with E-state index in [0.29, 0.717) is 18.8 Å². The molecule has 0 bridgehead atoms. The molecule has 1 amide bonds. The molecule has 3 unspecified atom stereocenters. The molecule has 1 rings (SSSR count). The summed E-state index contributed by atoms with van der Waals surface area (Å²) in [6, 6.07) is 0. The Morgan fingerprint density at radius 1 is 1.31 bits per heavy atom. The van der Waals surface area contributed by atoms with Gasteiger partial charge in [-0.1, -0.05) is 19.4 Å². The predicted molar refractivity (Wildman–Crippen MR) is 96.6 cm³/mol. The van der Waals surface area contributed by atoms with Crippen LogP contribution in [0.1, 0.15) is 59.3 Å². The van der Waals surface area contributed by atoms with E-state index in [1.54, 1.807) is 13.8 Å². The Labute approximate surface area is 155 Å². The average Bonchev–Trinajstić information content (AvgIpc) is 2.52. The van der Waals surface area contributed by atoms with E-state index in [-0.39, 0.29) is 5.92 Å². The summed E-state index contributed by atoms with van der Waals surface area (Å²) in [6.45, 7) is 4.78. The van der Waals surface area contributed by atoms with E-state index < -0.39 is 33.0 Å². The number of esters is 1. The molecule has 0 aromatic heterocycles. The molecule has 0 aromatic carbocycles. The lowest BCUT2D eigenvalue weighted by Gasteiger charge is -2.25. The molecule has 9 heteroatoms. The summed E-state index contributed by atoms with van der Waals surface area (Å²) in [4.78, 5) is 41.3. The summed E-state index contributed by atoms with van der Waals surface area (Å²) in [5, 5.41) is 12.2. The van der Waals surface area contributed by atoms with Gasteiger partial charge in [-0.2, -0.15) is 0 Å². The molecule has 3 atom stereocenters. The third-order valence-corrected chi connectivity index (χ3v) is 4.71. The van der Waals surface area contributed by atoms with Crippen LogP contribution < -0.4 is 5.32 Å². The molecule has 0 aliphatic heterocycles. The van der Waals surface area contributed by atoms with E-state index in [1.165, 1.54) is 12.7 Å². The summed E-state index contributed by atoms with van der Waals surface area (Å²) in [5.41, 5.74) is 1.04. The molecule has 1 fully saturated rings. The fourth-order valence-electron chi connectivity index (χ4n) is 2.83. The van der Waals surface area contributed by atoms with Gasteiger partial charge >= 0.3 is 12.1 Å². The van der Waals surface area contributed by atoms with Crippen LogP contribution in [0.15, 0.2) is 11.4 Å². The number of amides is 1. The van der Waals surface area contributed by atoms with Gasteiger partial charge in [-0.15, -0.1) is 0 Å². The van der Waals surface area contributed by atoms with Gasteiger partial charge in [-0.3, -0.25) is 10.1 Å². The van der Waals surface area contributed by atoms with E-state index >= 15 is 0 Å². The smallest absolute Gasteiger partial charge is 0.412 e. The number of hydrogen-bond donors (Lipinski definition) is 4. The Morgan fingerprint density at radius 2 is 2.00 bits per heavy atom. The van der Waals surface area contributed by atoms with Crippen LogP contribution in [0.2, 0.25) is 0 Å². The zero-order valence-electron chi connectivity index (χ0n) is 15.6. The Bertz CT molecular complexity index is 496. The Balaban J connectivity index is 2.29. The first-order chi connectivity index (χ1) is 12.2. The highest BCUT2D eigenvalue weighted by Crippen LogP contribution is 2.37. The monoisotopic (exact) mass is 391 g/mol. The number of nitrogens with one attached hydrogen (secondary N) is 1. The largest absolute Gasteiger partial charge is 0.425 e. The lowest BCUT2D eigenvalue weighted by atomic mass is 9.83. The van der Waals surface area contributed by atoms with Gasteiger partial charge in [0.15, 0.2) is 8.38 Å². The molecule has 1 aliphatic carbocycles. The van der Waals surface area contributed by atoms with Crippen molar-refractivity contribution in [2.24, 2.45) is 11.8 Å². The molecule has 0 radical (unpaired) electrons. The fourth-order valence-corrected chi connectivity index (χ4v) is 3.39. The quantitative estimate of drug-likeness (QED) is 0.285. The number of aliphatic hydroxyl groups is 1. The molecule has 26 heavy (non-hydrogen) atoms. The molecule has 0 saturated heterocycles. The van der Waals surface area contributed by atoms with Crippen molar-refractivity contribution in [3.8, 4) is 0 Å². The number of alkyl carbamates (subject to hydrolysis) is 1. The van der Waals surface area contributed by atoms with Gasteiger partial charge in [0.25, 0.3) is 0 Å². The van der Waals surface area contributed by atoms with Gasteiger partial charge < -0.3 is 24.4 Å². The zero-order valence-corrected chi connectivity index (χ0v) is 16.4. The number of rotatable bonds is 8. The standard InChI is InChI=1S/C17H30NO7P/c1-11(2)16(20)24-12(3)25-17(21)18-15(19)8-7-13-5-4-6-14(9-13)10-26(22)23/h10-13,15,19,22-23H,4-9H2,1-3H3,(H,18,21). The highest BCUT2D eigenvalue weighted by molar-refractivity contribution is 7.48. The first kappa shape index (κ1) is 22.8. The highest BCUT2D eigenvalue weighted by atomic mass is 31.2. The Morgan fingerprint density at radius 3 is 2.62 bits per heavy atom. The van der Waals surface area contributed by atoms with Crippen LogP contribution in [0.4, 0.5) is 4.79 Å². The fraction of sp³-hybridized carbons (Fsp3) is 0.765. The third-order valence-electron chi connectivity index (χ3n) is 4.12. The summed E-state index contributed by atoms with van der Waals surface area (Å²) in [7, 11) is -2.02. The summed E-state index contributed by atoms with van der Waals surface area (Å²) < 4.78 is 9.79. The van der Waals surface area contributed by atoms with E-state index in [1.807, 2.05) is 0 Å². The number of carbonyl (C=O) groups is 2. The van der Waals surface area contributed by atoms with E-state index in [4.69, 9.17) is 19.3 Å². The second kappa shape index (κ2) is 11.5. The van der Waals surface area contributed by atoms with Gasteiger partial charge in [0.2, 0.25) is 6.29 Å². The first-order valence-corrected chi connectivity index (χ1v) is 10.2. The Hall–Kier alpha value is -1.21. The first-order valence-electron chi connectivity index (χ1n) is 8.89. The van der Waals surface area contributed by atoms with Crippen molar-refractivity contribution in [3.63, 3.8) is 0 Å². The number of hydrogen-bond acceptors (Lipinski definition) is 7. The lowest BCUT2D eigenvalue weighted by Crippen LogP contribution is -2.38. The van der Waals surface area contributed by atoms with Gasteiger partial charge in [0.05, 0.1) is 5.92 Å². The van der Waals surface area contributed by atoms with Gasteiger partial charge in [-0.05, 0) is 50.3 Å². The van der Waals surface area contributed by atoms with Crippen LogP contribution in [0.5, 0.6) is 0 Å². The molecular formula is C17H30NO7P. The van der Waals surface area contributed by atoms with Crippen LogP contribution in [-0.4, -0.2) is 39.5 Å². The number of ether oxygens (including phenoxy) is 2. The average molecular weight is 391 g/mol. The number of carbonyl (C=O) groups excluding carboxylic acids is 2. The van der Waals surface area contributed by atoms with Crippen molar-refractivity contribution in [2.75, 3.05) is 0 Å². The van der Waals surface area contributed by atoms with Crippen molar-refractivity contribution < 1.29 is 34.0 Å². The van der Waals surface area contributed by atoms with E-state index in [2.05, 4.69) is 5.32 Å². The lowest BCUT2D eigenvalue weighted by molar-refractivity contribution is -0.168. The minimum atomic E-state index is -2.02. The van der Waals surface area contributed by atoms with Crippen molar-refractivity contribution >= 4 is 20.4 Å². The van der Waals surface area contributed by atoms with E-state index in [9.17, 15) is 14.7 Å². The molecule has 0 heterocycles. The minimum Gasteiger partial charge on any atom is -0.425 e. The van der Waals surface area contributed by atoms with Crippen molar-refractivity contribution in [1.82, 2.24) is 5.32 Å². The zero-order chi connectivity index (χ0) is 19.7. The normalized spacial score (nSPS) is 21.5. The summed E-state index contributed by atoms with van der Waals surface area (Å²) in [6.07, 6.45) is 1.75. The Kier molecular flexibility index (Phi) is 10.1. The third kappa shape index (κ3) is 9.48. The number of aliphatic hydroxyl groups excluding tert-OH is 1. The van der Waals surface area contributed by atoms with Gasteiger partial charge in [0.1, 0.15) is 6.23 Å². The molecule has 8 nitrogen and oxygen atoms in total. The highest BCUT2D eigenvalue weighted by Gasteiger charge is 2.21. The summed E-state index contributed by atoms with van der Waals surface area (Å²) in [5.74, 6) is 1.06. The predicted octanol–water partition coefficient (Wildman–Crippen LogP) is 2.73. The van der Waals surface area contributed by atoms with E-state index in [0.717, 1.165) is 31.3 Å². The van der Waals surface area contributed by atoms with Crippen molar-refractivity contribution in [3.05, 3.63) is 11.4 Å². The maximum atomic E-state index is 11.7. The molecule has 1 saturated carbocycles.